The summed E-state index contributed by atoms with van der Waals surface area (Å²) in [6, 6.07) is 30.4. The third kappa shape index (κ3) is 10.9. The van der Waals surface area contributed by atoms with Crippen LogP contribution in [0.15, 0.2) is 114 Å². The fourth-order valence-electron chi connectivity index (χ4n) is 11.4. The number of aromatic nitrogens is 2. The smallest absolute Gasteiger partial charge is 0.293 e. The quantitative estimate of drug-likeness (QED) is 0.0498. The second-order valence-electron chi connectivity index (χ2n) is 20.4. The van der Waals surface area contributed by atoms with Gasteiger partial charge in [-0.25, -0.2) is 18.1 Å². The molecule has 73 heavy (non-hydrogen) atoms. The number of ether oxygens (including phenoxy) is 3. The number of carbonyl (C=O) groups is 1. The molecule has 384 valence electrons. The number of amides is 1. The number of piperidine rings is 1. The molecule has 3 aliphatic heterocycles. The normalized spacial score (nSPS) is 20.6. The lowest BCUT2D eigenvalue weighted by Gasteiger charge is -2.58. The number of nitro groups is 1. The summed E-state index contributed by atoms with van der Waals surface area (Å²) in [5.41, 5.74) is 5.42. The van der Waals surface area contributed by atoms with E-state index in [2.05, 4.69) is 85.0 Å². The molecule has 0 radical (unpaired) electrons. The van der Waals surface area contributed by atoms with E-state index in [4.69, 9.17) is 14.2 Å². The number of piperazine rings is 1. The molecule has 5 heterocycles. The van der Waals surface area contributed by atoms with Gasteiger partial charge in [0.1, 0.15) is 28.6 Å². The molecule has 4 fully saturated rings. The van der Waals surface area contributed by atoms with E-state index < -0.39 is 31.4 Å². The number of sulfonamides is 1. The summed E-state index contributed by atoms with van der Waals surface area (Å²) >= 11 is 0. The Morgan fingerprint density at radius 1 is 0.959 bits per heavy atom. The molecule has 17 nitrogen and oxygen atoms in total. The number of H-pyrrole nitrogens is 1. The zero-order valence-electron chi connectivity index (χ0n) is 41.5. The van der Waals surface area contributed by atoms with Crippen molar-refractivity contribution in [2.24, 2.45) is 5.41 Å². The standard InChI is InChI=1S/C55H64N8O9S/c1-36(2)46-6-4-5-7-47(46)51-34-60(33-37-8-11-41(70-3)12-9-37)24-25-62(51)40-29-55(30-40)19-22-61(23-20-55)39-10-16-48(52(27-39)72-44-26-38-18-21-56-53(38)58-32-44)54(65)59-73(68,69)45-15-17-49(50(28-45)63(66)67)57-31-42-13-14-43(35-64)71-42/h4-12,15-18,21,26-28,32,36,40,42-43,51,57,64H,13-14,19-20,22-25,29-31,33-35H2,1-3H3,(H,56,58)(H,59,65). The Kier molecular flexibility index (Phi) is 14.5. The first-order valence-corrected chi connectivity index (χ1v) is 26.8. The van der Waals surface area contributed by atoms with Crippen LogP contribution in [0.1, 0.15) is 91.4 Å². The van der Waals surface area contributed by atoms with Crippen LogP contribution in [-0.4, -0.2) is 115 Å². The number of nitrogens with one attached hydrogen (secondary N) is 3. The zero-order valence-corrected chi connectivity index (χ0v) is 42.4. The minimum Gasteiger partial charge on any atom is -0.497 e. The molecule has 4 aromatic carbocycles. The predicted molar refractivity (Wildman–Crippen MR) is 279 cm³/mol. The largest absolute Gasteiger partial charge is 0.497 e. The van der Waals surface area contributed by atoms with Gasteiger partial charge < -0.3 is 34.5 Å². The van der Waals surface area contributed by atoms with E-state index in [0.29, 0.717) is 36.2 Å². The first kappa shape index (κ1) is 50.0. The average Bonchev–Trinajstić information content (AvgIpc) is 4.07. The number of aliphatic hydroxyl groups excluding tert-OH is 1. The molecule has 1 aliphatic carbocycles. The van der Waals surface area contributed by atoms with Gasteiger partial charge >= 0.3 is 0 Å². The van der Waals surface area contributed by atoms with Crippen molar-refractivity contribution in [3.63, 3.8) is 0 Å². The fraction of sp³-hybridized carbons (Fsp3) is 0.418. The molecular formula is C55H64N8O9S. The Balaban J connectivity index is 0.832. The second-order valence-corrected chi connectivity index (χ2v) is 22.1. The fourth-order valence-corrected chi connectivity index (χ4v) is 12.4. The molecule has 4 N–H and O–H groups in total. The number of rotatable bonds is 17. The lowest BCUT2D eigenvalue weighted by atomic mass is 9.59. The first-order valence-electron chi connectivity index (χ1n) is 25.3. The van der Waals surface area contributed by atoms with Crippen molar-refractivity contribution >= 4 is 44.0 Å². The van der Waals surface area contributed by atoms with Gasteiger partial charge in [0.05, 0.1) is 47.5 Å². The number of pyridine rings is 1. The Bertz CT molecular complexity index is 3060. The lowest BCUT2D eigenvalue weighted by molar-refractivity contribution is -0.384. The number of hydrogen-bond acceptors (Lipinski definition) is 14. The second kappa shape index (κ2) is 21.1. The SMILES string of the molecule is COc1ccc(CN2CCN(C3CC4(CCN(c5ccc(C(=O)NS(=O)(=O)c6ccc(NCC7CCC(CO)O7)c([N+](=O)[O-])c6)c(Oc6cnc7[nH]ccc7c6)c5)CC4)C3)C(c3ccccc3C(C)C)C2)cc1. The molecule has 4 aliphatic rings. The molecule has 18 heteroatoms. The van der Waals surface area contributed by atoms with Gasteiger partial charge in [0, 0.05) is 87.3 Å². The van der Waals surface area contributed by atoms with Gasteiger partial charge in [-0.3, -0.25) is 24.7 Å². The predicted octanol–water partition coefficient (Wildman–Crippen LogP) is 8.77. The van der Waals surface area contributed by atoms with E-state index >= 15 is 0 Å². The summed E-state index contributed by atoms with van der Waals surface area (Å²) in [4.78, 5) is 40.3. The van der Waals surface area contributed by atoms with Crippen LogP contribution < -0.4 is 24.4 Å². The van der Waals surface area contributed by atoms with E-state index in [-0.39, 0.29) is 53.8 Å². The number of aromatic amines is 1. The van der Waals surface area contributed by atoms with Crippen LogP contribution in [0.3, 0.4) is 0 Å². The van der Waals surface area contributed by atoms with Gasteiger partial charge in [0.25, 0.3) is 21.6 Å². The molecular weight excluding hydrogens is 949 g/mol. The van der Waals surface area contributed by atoms with Crippen molar-refractivity contribution in [3.8, 4) is 17.2 Å². The maximum Gasteiger partial charge on any atom is 0.293 e. The number of aliphatic hydroxyl groups is 1. The molecule has 1 amide bonds. The molecule has 3 atom stereocenters. The number of nitrogens with zero attached hydrogens (tertiary/aromatic N) is 5. The summed E-state index contributed by atoms with van der Waals surface area (Å²) in [7, 11) is -2.91. The van der Waals surface area contributed by atoms with E-state index in [0.717, 1.165) is 87.8 Å². The highest BCUT2D eigenvalue weighted by Crippen LogP contribution is 2.53. The van der Waals surface area contributed by atoms with E-state index in [9.17, 15) is 28.4 Å². The Labute approximate surface area is 426 Å². The summed E-state index contributed by atoms with van der Waals surface area (Å²) < 4.78 is 47.3. The third-order valence-electron chi connectivity index (χ3n) is 15.5. The van der Waals surface area contributed by atoms with Crippen LogP contribution >= 0.6 is 0 Å². The monoisotopic (exact) mass is 1010 g/mol. The summed E-state index contributed by atoms with van der Waals surface area (Å²) in [6.45, 7) is 10.2. The Hall–Kier alpha value is -6.57. The summed E-state index contributed by atoms with van der Waals surface area (Å²) in [6.07, 6.45) is 8.37. The molecule has 1 spiro atoms. The molecule has 3 unspecified atom stereocenters. The molecule has 6 aromatic rings. The zero-order chi connectivity index (χ0) is 50.9. The average molecular weight is 1010 g/mol. The molecule has 0 bridgehead atoms. The molecule has 1 saturated carbocycles. The number of methoxy groups -OCH3 is 1. The van der Waals surface area contributed by atoms with Crippen LogP contribution in [-0.2, 0) is 21.3 Å². The molecule has 3 saturated heterocycles. The number of carbonyl (C=O) groups excluding carboxylic acids is 1. The van der Waals surface area contributed by atoms with E-state index in [1.165, 1.54) is 35.0 Å². The summed E-state index contributed by atoms with van der Waals surface area (Å²) in [5.74, 6) is 0.798. The van der Waals surface area contributed by atoms with Crippen molar-refractivity contribution in [2.75, 3.05) is 63.2 Å². The third-order valence-corrected chi connectivity index (χ3v) is 16.8. The van der Waals surface area contributed by atoms with Gasteiger partial charge in [-0.1, -0.05) is 50.2 Å². The van der Waals surface area contributed by atoms with Crippen molar-refractivity contribution < 1.29 is 37.5 Å². The number of benzene rings is 4. The highest BCUT2D eigenvalue weighted by Gasteiger charge is 2.50. The van der Waals surface area contributed by atoms with Gasteiger partial charge in [-0.05, 0) is 115 Å². The van der Waals surface area contributed by atoms with Crippen molar-refractivity contribution in [3.05, 3.63) is 142 Å². The molecule has 10 rings (SSSR count). The lowest BCUT2D eigenvalue weighted by Crippen LogP contribution is -2.60. The van der Waals surface area contributed by atoms with E-state index in [1.807, 2.05) is 24.3 Å². The number of anilines is 2. The highest BCUT2D eigenvalue weighted by molar-refractivity contribution is 7.90. The van der Waals surface area contributed by atoms with E-state index in [1.54, 1.807) is 31.5 Å². The Morgan fingerprint density at radius 3 is 2.48 bits per heavy atom. The van der Waals surface area contributed by atoms with Crippen molar-refractivity contribution in [2.45, 2.75) is 94.0 Å². The highest BCUT2D eigenvalue weighted by atomic mass is 32.2. The van der Waals surface area contributed by atoms with Gasteiger partial charge in [-0.2, -0.15) is 0 Å². The van der Waals surface area contributed by atoms with Crippen molar-refractivity contribution in [1.29, 1.82) is 0 Å². The summed E-state index contributed by atoms with van der Waals surface area (Å²) in [5, 5.41) is 25.4. The minimum atomic E-state index is -4.61. The maximum atomic E-state index is 14.1. The van der Waals surface area contributed by atoms with Crippen LogP contribution in [0.4, 0.5) is 17.1 Å². The minimum absolute atomic E-state index is 0.0416. The van der Waals surface area contributed by atoms with Gasteiger partial charge in [0.15, 0.2) is 0 Å². The number of fused-ring (bicyclic) bond motifs is 1. The van der Waals surface area contributed by atoms with Gasteiger partial charge in [-0.15, -0.1) is 0 Å². The molecule has 2 aromatic heterocycles. The van der Waals surface area contributed by atoms with Crippen LogP contribution in [0.25, 0.3) is 11.0 Å². The maximum absolute atomic E-state index is 14.1. The first-order chi connectivity index (χ1) is 35.3. The van der Waals surface area contributed by atoms with Crippen LogP contribution in [0.2, 0.25) is 0 Å². The number of nitro benzene ring substituents is 1. The Morgan fingerprint density at radius 2 is 1.74 bits per heavy atom. The van der Waals surface area contributed by atoms with Crippen molar-refractivity contribution in [1.82, 2.24) is 24.5 Å². The van der Waals surface area contributed by atoms with Crippen LogP contribution in [0.5, 0.6) is 17.2 Å². The number of hydrogen-bond donors (Lipinski definition) is 4. The topological polar surface area (TPSA) is 205 Å². The van der Waals surface area contributed by atoms with Crippen LogP contribution in [0, 0.1) is 15.5 Å². The van der Waals surface area contributed by atoms with Gasteiger partial charge in [0.2, 0.25) is 0 Å².